The van der Waals surface area contributed by atoms with Crippen molar-refractivity contribution in [3.8, 4) is 0 Å². The maximum absolute atomic E-state index is 12.0. The van der Waals surface area contributed by atoms with Crippen molar-refractivity contribution in [3.63, 3.8) is 0 Å². The molecular formula is C19H13Cl3N2OS. The Balaban J connectivity index is 1.61. The molecule has 0 aliphatic heterocycles. The second kappa shape index (κ2) is 8.69. The highest BCUT2D eigenvalue weighted by Gasteiger charge is 2.07. The number of thiazole rings is 1. The van der Waals surface area contributed by atoms with E-state index in [0.717, 1.165) is 21.0 Å². The summed E-state index contributed by atoms with van der Waals surface area (Å²) in [4.78, 5) is 17.3. The van der Waals surface area contributed by atoms with Crippen LogP contribution in [0.3, 0.4) is 0 Å². The lowest BCUT2D eigenvalue weighted by Crippen LogP contribution is -2.07. The number of nitrogens with zero attached hydrogens (tertiary/aromatic N) is 1. The molecule has 1 amide bonds. The van der Waals surface area contributed by atoms with Gasteiger partial charge in [-0.3, -0.25) is 10.1 Å². The van der Waals surface area contributed by atoms with Gasteiger partial charge in [0, 0.05) is 28.6 Å². The second-order valence-electron chi connectivity index (χ2n) is 5.40. The molecule has 0 saturated carbocycles. The van der Waals surface area contributed by atoms with Gasteiger partial charge in [-0.15, -0.1) is 11.3 Å². The van der Waals surface area contributed by atoms with Crippen LogP contribution in [-0.4, -0.2) is 10.9 Å². The summed E-state index contributed by atoms with van der Waals surface area (Å²) in [5.74, 6) is -0.269. The van der Waals surface area contributed by atoms with Crippen molar-refractivity contribution >= 4 is 63.3 Å². The number of hydrogen-bond acceptors (Lipinski definition) is 3. The third kappa shape index (κ3) is 5.08. The average molecular weight is 424 g/mol. The van der Waals surface area contributed by atoms with Crippen LogP contribution in [0.25, 0.3) is 6.08 Å². The van der Waals surface area contributed by atoms with Crippen LogP contribution in [0.4, 0.5) is 5.13 Å². The fourth-order valence-corrected chi connectivity index (χ4v) is 3.56. The van der Waals surface area contributed by atoms with Crippen molar-refractivity contribution in [2.24, 2.45) is 0 Å². The zero-order valence-electron chi connectivity index (χ0n) is 13.4. The Labute approximate surface area is 170 Å². The van der Waals surface area contributed by atoms with Crippen molar-refractivity contribution in [2.75, 3.05) is 5.32 Å². The molecule has 132 valence electrons. The molecule has 3 rings (SSSR count). The van der Waals surface area contributed by atoms with Crippen molar-refractivity contribution in [2.45, 2.75) is 6.42 Å². The standard InChI is InChI=1S/C19H13Cl3N2OS/c20-15-4-2-1-3-13(15)10-14-11-23-19(26-14)24-18(25)8-6-12-5-7-16(21)17(22)9-12/h1-9,11H,10H2,(H,23,24,25)/b8-6+. The highest BCUT2D eigenvalue weighted by Crippen LogP contribution is 2.25. The molecule has 0 spiro atoms. The molecule has 0 fully saturated rings. The number of aromatic nitrogens is 1. The number of rotatable bonds is 5. The molecule has 1 aromatic heterocycles. The van der Waals surface area contributed by atoms with E-state index in [2.05, 4.69) is 10.3 Å². The van der Waals surface area contributed by atoms with E-state index >= 15 is 0 Å². The second-order valence-corrected chi connectivity index (χ2v) is 7.73. The molecule has 1 N–H and O–H groups in total. The zero-order valence-corrected chi connectivity index (χ0v) is 16.5. The lowest BCUT2D eigenvalue weighted by atomic mass is 10.1. The first-order valence-electron chi connectivity index (χ1n) is 7.63. The average Bonchev–Trinajstić information content (AvgIpc) is 3.05. The van der Waals surface area contributed by atoms with Crippen LogP contribution in [0, 0.1) is 0 Å². The highest BCUT2D eigenvalue weighted by atomic mass is 35.5. The Morgan fingerprint density at radius 3 is 2.65 bits per heavy atom. The summed E-state index contributed by atoms with van der Waals surface area (Å²) in [5, 5.41) is 4.92. The van der Waals surface area contributed by atoms with Gasteiger partial charge in [-0.1, -0.05) is 59.1 Å². The van der Waals surface area contributed by atoms with Crippen molar-refractivity contribution in [3.05, 3.63) is 85.8 Å². The number of halogens is 3. The Morgan fingerprint density at radius 1 is 1.08 bits per heavy atom. The van der Waals surface area contributed by atoms with Crippen molar-refractivity contribution < 1.29 is 4.79 Å². The smallest absolute Gasteiger partial charge is 0.250 e. The molecule has 0 bridgehead atoms. The molecule has 0 radical (unpaired) electrons. The summed E-state index contributed by atoms with van der Waals surface area (Å²) in [6.45, 7) is 0. The van der Waals surface area contributed by atoms with Gasteiger partial charge in [0.25, 0.3) is 0 Å². The van der Waals surface area contributed by atoms with Gasteiger partial charge in [-0.25, -0.2) is 4.98 Å². The van der Waals surface area contributed by atoms with Crippen LogP contribution in [0.5, 0.6) is 0 Å². The molecule has 0 saturated heterocycles. The highest BCUT2D eigenvalue weighted by molar-refractivity contribution is 7.15. The predicted molar refractivity (Wildman–Crippen MR) is 110 cm³/mol. The summed E-state index contributed by atoms with van der Waals surface area (Å²) >= 11 is 19.4. The van der Waals surface area contributed by atoms with E-state index < -0.39 is 0 Å². The largest absolute Gasteiger partial charge is 0.298 e. The maximum Gasteiger partial charge on any atom is 0.250 e. The molecule has 7 heteroatoms. The fraction of sp³-hybridized carbons (Fsp3) is 0.0526. The van der Waals surface area contributed by atoms with Gasteiger partial charge in [0.1, 0.15) is 0 Å². The first kappa shape index (κ1) is 18.9. The summed E-state index contributed by atoms with van der Waals surface area (Å²) in [5.41, 5.74) is 1.81. The van der Waals surface area contributed by atoms with Gasteiger partial charge >= 0.3 is 0 Å². The van der Waals surface area contributed by atoms with Gasteiger partial charge in [0.05, 0.1) is 10.0 Å². The lowest BCUT2D eigenvalue weighted by Gasteiger charge is -2.00. The van der Waals surface area contributed by atoms with Crippen molar-refractivity contribution in [1.82, 2.24) is 4.98 Å². The van der Waals surface area contributed by atoms with Crippen LogP contribution in [-0.2, 0) is 11.2 Å². The minimum absolute atomic E-state index is 0.269. The molecule has 0 aliphatic rings. The summed E-state index contributed by atoms with van der Waals surface area (Å²) in [6, 6.07) is 12.8. The van der Waals surface area contributed by atoms with Gasteiger partial charge in [-0.2, -0.15) is 0 Å². The van der Waals surface area contributed by atoms with Gasteiger partial charge < -0.3 is 0 Å². The van der Waals surface area contributed by atoms with E-state index in [9.17, 15) is 4.79 Å². The lowest BCUT2D eigenvalue weighted by molar-refractivity contribution is -0.111. The third-order valence-corrected chi connectivity index (χ3v) is 5.50. The van der Waals surface area contributed by atoms with Crippen LogP contribution < -0.4 is 5.32 Å². The number of benzene rings is 2. The Kier molecular flexibility index (Phi) is 6.33. The summed E-state index contributed by atoms with van der Waals surface area (Å²) in [7, 11) is 0. The maximum atomic E-state index is 12.0. The van der Waals surface area contributed by atoms with Gasteiger partial charge in [-0.05, 0) is 35.4 Å². The van der Waals surface area contributed by atoms with Crippen LogP contribution in [0.2, 0.25) is 15.1 Å². The number of amides is 1. The topological polar surface area (TPSA) is 42.0 Å². The molecule has 0 unspecified atom stereocenters. The van der Waals surface area contributed by atoms with Crippen LogP contribution >= 0.6 is 46.1 Å². The first-order valence-corrected chi connectivity index (χ1v) is 9.58. The molecule has 3 aromatic rings. The van der Waals surface area contributed by atoms with Gasteiger partial charge in [0.15, 0.2) is 5.13 Å². The molecule has 0 atom stereocenters. The fourth-order valence-electron chi connectivity index (χ4n) is 2.21. The molecule has 3 nitrogen and oxygen atoms in total. The summed E-state index contributed by atoms with van der Waals surface area (Å²) in [6.07, 6.45) is 5.50. The minimum Gasteiger partial charge on any atom is -0.298 e. The van der Waals surface area contributed by atoms with Gasteiger partial charge in [0.2, 0.25) is 5.91 Å². The first-order chi connectivity index (χ1) is 12.5. The Hall–Kier alpha value is -1.85. The molecule has 1 heterocycles. The normalized spacial score (nSPS) is 11.0. The molecule has 26 heavy (non-hydrogen) atoms. The van der Waals surface area contributed by atoms with E-state index in [1.54, 1.807) is 30.5 Å². The van der Waals surface area contributed by atoms with E-state index in [1.165, 1.54) is 17.4 Å². The molecule has 2 aromatic carbocycles. The Bertz CT molecular complexity index is 969. The third-order valence-electron chi connectivity index (χ3n) is 3.48. The predicted octanol–water partition coefficient (Wildman–Crippen LogP) is 6.35. The monoisotopic (exact) mass is 422 g/mol. The molecule has 0 aliphatic carbocycles. The van der Waals surface area contributed by atoms with Crippen LogP contribution in [0.15, 0.2) is 54.7 Å². The van der Waals surface area contributed by atoms with E-state index in [4.69, 9.17) is 34.8 Å². The van der Waals surface area contributed by atoms with E-state index in [0.29, 0.717) is 21.6 Å². The quantitative estimate of drug-likeness (QED) is 0.486. The Morgan fingerprint density at radius 2 is 1.88 bits per heavy atom. The zero-order chi connectivity index (χ0) is 18.5. The number of hydrogen-bond donors (Lipinski definition) is 1. The SMILES string of the molecule is O=C(/C=C/c1ccc(Cl)c(Cl)c1)Nc1ncc(Cc2ccccc2Cl)s1. The number of anilines is 1. The number of carbonyl (C=O) groups excluding carboxylic acids is 1. The van der Waals surface area contributed by atoms with Crippen molar-refractivity contribution in [1.29, 1.82) is 0 Å². The molecular weight excluding hydrogens is 411 g/mol. The van der Waals surface area contributed by atoms with Crippen LogP contribution in [0.1, 0.15) is 16.0 Å². The minimum atomic E-state index is -0.269. The number of carbonyl (C=O) groups is 1. The summed E-state index contributed by atoms with van der Waals surface area (Å²) < 4.78 is 0. The van der Waals surface area contributed by atoms with E-state index in [-0.39, 0.29) is 5.91 Å². The van der Waals surface area contributed by atoms with E-state index in [1.807, 2.05) is 24.3 Å². The number of nitrogens with one attached hydrogen (secondary N) is 1.